The first-order valence-electron chi connectivity index (χ1n) is 8.15. The standard InChI is InChI=1S/C18H15F4N3O4/c19-13-6-3-11(8-15(13)25(28)29)7-14(17(23)27)24-16(26)9-10-1-4-12(5-2-10)18(20,21)22/h1-6,8,14H,7,9H2,(H2,23,27)(H,24,26)/t14-/m0/s1. The first-order valence-corrected chi connectivity index (χ1v) is 8.15. The van der Waals surface area contributed by atoms with Gasteiger partial charge in [-0.2, -0.15) is 17.6 Å². The second-order valence-corrected chi connectivity index (χ2v) is 6.14. The molecule has 0 aromatic heterocycles. The highest BCUT2D eigenvalue weighted by Gasteiger charge is 2.30. The molecule has 154 valence electrons. The molecule has 3 N–H and O–H groups in total. The van der Waals surface area contributed by atoms with Gasteiger partial charge in [-0.25, -0.2) is 0 Å². The van der Waals surface area contributed by atoms with Gasteiger partial charge in [0.2, 0.25) is 17.6 Å². The van der Waals surface area contributed by atoms with E-state index in [1.54, 1.807) is 0 Å². The van der Waals surface area contributed by atoms with Gasteiger partial charge in [-0.05, 0) is 29.3 Å². The third kappa shape index (κ3) is 5.99. The van der Waals surface area contributed by atoms with E-state index >= 15 is 0 Å². The van der Waals surface area contributed by atoms with Crippen LogP contribution in [0.1, 0.15) is 16.7 Å². The first-order chi connectivity index (χ1) is 13.5. The maximum atomic E-state index is 13.4. The lowest BCUT2D eigenvalue weighted by Gasteiger charge is -2.16. The van der Waals surface area contributed by atoms with Crippen LogP contribution in [0.5, 0.6) is 0 Å². The molecule has 0 aliphatic heterocycles. The summed E-state index contributed by atoms with van der Waals surface area (Å²) in [6.07, 6.45) is -5.05. The molecule has 0 unspecified atom stereocenters. The van der Waals surface area contributed by atoms with Crippen LogP contribution < -0.4 is 11.1 Å². The van der Waals surface area contributed by atoms with Gasteiger partial charge in [0.15, 0.2) is 0 Å². The molecular formula is C18H15F4N3O4. The van der Waals surface area contributed by atoms with Crippen LogP contribution in [0, 0.1) is 15.9 Å². The lowest BCUT2D eigenvalue weighted by atomic mass is 10.0. The molecule has 2 aromatic rings. The fraction of sp³-hybridized carbons (Fsp3) is 0.222. The average molecular weight is 413 g/mol. The van der Waals surface area contributed by atoms with Crippen LogP contribution in [-0.4, -0.2) is 22.8 Å². The summed E-state index contributed by atoms with van der Waals surface area (Å²) in [6, 6.07) is 5.65. The van der Waals surface area contributed by atoms with Crippen molar-refractivity contribution in [2.24, 2.45) is 5.73 Å². The van der Waals surface area contributed by atoms with Crippen molar-refractivity contribution in [3.63, 3.8) is 0 Å². The van der Waals surface area contributed by atoms with E-state index in [2.05, 4.69) is 5.32 Å². The van der Waals surface area contributed by atoms with E-state index in [4.69, 9.17) is 5.73 Å². The molecule has 0 bridgehead atoms. The predicted octanol–water partition coefficient (Wildman–Crippen LogP) is 2.51. The Morgan fingerprint density at radius 2 is 1.69 bits per heavy atom. The molecule has 29 heavy (non-hydrogen) atoms. The number of amides is 2. The lowest BCUT2D eigenvalue weighted by Crippen LogP contribution is -2.46. The van der Waals surface area contributed by atoms with Crippen molar-refractivity contribution in [1.29, 1.82) is 0 Å². The van der Waals surface area contributed by atoms with Gasteiger partial charge in [0.1, 0.15) is 6.04 Å². The van der Waals surface area contributed by atoms with Gasteiger partial charge < -0.3 is 11.1 Å². The summed E-state index contributed by atoms with van der Waals surface area (Å²) in [4.78, 5) is 33.6. The number of halogens is 4. The minimum atomic E-state index is -4.50. The summed E-state index contributed by atoms with van der Waals surface area (Å²) in [7, 11) is 0. The largest absolute Gasteiger partial charge is 0.416 e. The monoisotopic (exact) mass is 413 g/mol. The third-order valence-electron chi connectivity index (χ3n) is 3.97. The number of nitro groups is 1. The molecule has 2 amide bonds. The molecule has 11 heteroatoms. The lowest BCUT2D eigenvalue weighted by molar-refractivity contribution is -0.387. The zero-order valence-corrected chi connectivity index (χ0v) is 14.7. The molecule has 0 saturated heterocycles. The summed E-state index contributed by atoms with van der Waals surface area (Å²) in [5, 5.41) is 13.1. The highest BCUT2D eigenvalue weighted by Crippen LogP contribution is 2.29. The molecule has 0 aliphatic rings. The molecule has 0 fully saturated rings. The quantitative estimate of drug-likeness (QED) is 0.412. The van der Waals surface area contributed by atoms with Crippen molar-refractivity contribution in [3.8, 4) is 0 Å². The molecule has 0 spiro atoms. The van der Waals surface area contributed by atoms with Crippen molar-refractivity contribution in [2.75, 3.05) is 0 Å². The van der Waals surface area contributed by atoms with Crippen LogP contribution >= 0.6 is 0 Å². The van der Waals surface area contributed by atoms with Crippen LogP contribution in [0.3, 0.4) is 0 Å². The first kappa shape index (κ1) is 21.8. The van der Waals surface area contributed by atoms with Gasteiger partial charge in [-0.1, -0.05) is 18.2 Å². The number of alkyl halides is 3. The maximum absolute atomic E-state index is 13.4. The third-order valence-corrected chi connectivity index (χ3v) is 3.97. The van der Waals surface area contributed by atoms with Crippen molar-refractivity contribution in [2.45, 2.75) is 25.1 Å². The van der Waals surface area contributed by atoms with Crippen molar-refractivity contribution in [3.05, 3.63) is 75.1 Å². The Labute approximate surface area is 161 Å². The highest BCUT2D eigenvalue weighted by atomic mass is 19.4. The van der Waals surface area contributed by atoms with E-state index in [-0.39, 0.29) is 24.0 Å². The summed E-state index contributed by atoms with van der Waals surface area (Å²) in [6.45, 7) is 0. The van der Waals surface area contributed by atoms with E-state index in [0.29, 0.717) is 0 Å². The zero-order chi connectivity index (χ0) is 21.8. The molecule has 0 saturated carbocycles. The van der Waals surface area contributed by atoms with Crippen LogP contribution in [0.25, 0.3) is 0 Å². The topological polar surface area (TPSA) is 115 Å². The molecular weight excluding hydrogens is 398 g/mol. The number of benzene rings is 2. The number of hydrogen-bond acceptors (Lipinski definition) is 4. The summed E-state index contributed by atoms with van der Waals surface area (Å²) in [5.74, 6) is -2.68. The van der Waals surface area contributed by atoms with E-state index in [1.165, 1.54) is 6.07 Å². The van der Waals surface area contributed by atoms with Gasteiger partial charge in [0.25, 0.3) is 0 Å². The van der Waals surface area contributed by atoms with Crippen LogP contribution in [0.4, 0.5) is 23.2 Å². The van der Waals surface area contributed by atoms with Crippen LogP contribution in [0.15, 0.2) is 42.5 Å². The van der Waals surface area contributed by atoms with Gasteiger partial charge in [0.05, 0.1) is 16.9 Å². The number of nitrogens with two attached hydrogens (primary N) is 1. The highest BCUT2D eigenvalue weighted by molar-refractivity contribution is 5.87. The van der Waals surface area contributed by atoms with Gasteiger partial charge in [0, 0.05) is 12.5 Å². The zero-order valence-electron chi connectivity index (χ0n) is 14.7. The normalized spacial score (nSPS) is 12.3. The van der Waals surface area contributed by atoms with Crippen molar-refractivity contribution < 1.29 is 32.1 Å². The number of primary amides is 1. The molecule has 7 nitrogen and oxygen atoms in total. The Balaban J connectivity index is 2.07. The number of carbonyl (C=O) groups is 2. The molecule has 2 rings (SSSR count). The van der Waals surface area contributed by atoms with E-state index < -0.39 is 46.0 Å². The Kier molecular flexibility index (Phi) is 6.52. The smallest absolute Gasteiger partial charge is 0.368 e. The SMILES string of the molecule is NC(=O)[C@H](Cc1ccc(F)c([N+](=O)[O-])c1)NC(=O)Cc1ccc(C(F)(F)F)cc1. The number of nitro benzene ring substituents is 1. The van der Waals surface area contributed by atoms with E-state index in [9.17, 15) is 37.3 Å². The number of rotatable bonds is 7. The van der Waals surface area contributed by atoms with Gasteiger partial charge >= 0.3 is 11.9 Å². The van der Waals surface area contributed by atoms with E-state index in [1.807, 2.05) is 0 Å². The Morgan fingerprint density at radius 1 is 1.10 bits per heavy atom. The maximum Gasteiger partial charge on any atom is 0.416 e. The Bertz CT molecular complexity index is 930. The fourth-order valence-electron chi connectivity index (χ4n) is 2.53. The van der Waals surface area contributed by atoms with Crippen LogP contribution in [0.2, 0.25) is 0 Å². The molecule has 2 aromatic carbocycles. The molecule has 0 radical (unpaired) electrons. The number of carbonyl (C=O) groups excluding carboxylic acids is 2. The Morgan fingerprint density at radius 3 is 2.21 bits per heavy atom. The van der Waals surface area contributed by atoms with E-state index in [0.717, 1.165) is 36.4 Å². The van der Waals surface area contributed by atoms with Gasteiger partial charge in [-0.15, -0.1) is 0 Å². The molecule has 0 heterocycles. The average Bonchev–Trinajstić information content (AvgIpc) is 2.62. The fourth-order valence-corrected chi connectivity index (χ4v) is 2.53. The molecule has 1 atom stereocenters. The van der Waals surface area contributed by atoms with Crippen molar-refractivity contribution in [1.82, 2.24) is 5.32 Å². The van der Waals surface area contributed by atoms with Crippen LogP contribution in [-0.2, 0) is 28.6 Å². The Hall–Kier alpha value is -3.50. The summed E-state index contributed by atoms with van der Waals surface area (Å²) < 4.78 is 51.1. The number of hydrogen-bond donors (Lipinski definition) is 2. The summed E-state index contributed by atoms with van der Waals surface area (Å²) >= 11 is 0. The van der Waals surface area contributed by atoms with Crippen molar-refractivity contribution >= 4 is 17.5 Å². The summed E-state index contributed by atoms with van der Waals surface area (Å²) in [5.41, 5.74) is 4.04. The number of nitrogens with one attached hydrogen (secondary N) is 1. The minimum Gasteiger partial charge on any atom is -0.368 e. The number of nitrogens with zero attached hydrogens (tertiary/aromatic N) is 1. The second kappa shape index (κ2) is 8.67. The predicted molar refractivity (Wildman–Crippen MR) is 93.0 cm³/mol. The minimum absolute atomic E-state index is 0.191. The molecule has 0 aliphatic carbocycles. The second-order valence-electron chi connectivity index (χ2n) is 6.14. The van der Waals surface area contributed by atoms with Gasteiger partial charge in [-0.3, -0.25) is 19.7 Å².